The Morgan fingerprint density at radius 2 is 2.00 bits per heavy atom. The van der Waals surface area contributed by atoms with Gasteiger partial charge >= 0.3 is 5.97 Å². The van der Waals surface area contributed by atoms with Gasteiger partial charge in [0.1, 0.15) is 6.61 Å². The summed E-state index contributed by atoms with van der Waals surface area (Å²) in [6, 6.07) is 9.70. The monoisotopic (exact) mass is 351 g/mol. The van der Waals surface area contributed by atoms with Crippen LogP contribution in [0.1, 0.15) is 45.1 Å². The second-order valence-electron chi connectivity index (χ2n) is 7.73. The van der Waals surface area contributed by atoms with E-state index in [1.807, 2.05) is 37.3 Å². The van der Waals surface area contributed by atoms with E-state index in [0.717, 1.165) is 23.4 Å². The first-order valence-corrected chi connectivity index (χ1v) is 8.91. The molecule has 0 radical (unpaired) electrons. The van der Waals surface area contributed by atoms with Gasteiger partial charge in [-0.05, 0) is 24.3 Å². The molecule has 4 nitrogen and oxygen atoms in total. The van der Waals surface area contributed by atoms with Crippen LogP contribution < -0.4 is 5.32 Å². The molecule has 1 aliphatic heterocycles. The number of hydrogen-bond donors (Lipinski definition) is 1. The van der Waals surface area contributed by atoms with Crippen molar-refractivity contribution in [1.82, 2.24) is 5.32 Å². The van der Waals surface area contributed by atoms with Gasteiger partial charge in [-0.25, -0.2) is 4.79 Å². The molecule has 1 N–H and O–H groups in total. The second kappa shape index (κ2) is 6.94. The Kier molecular flexibility index (Phi) is 4.86. The van der Waals surface area contributed by atoms with Crippen molar-refractivity contribution in [2.45, 2.75) is 39.5 Å². The lowest BCUT2D eigenvalue weighted by atomic mass is 9.68. The number of carbonyl (C=O) groups is 2. The van der Waals surface area contributed by atoms with Crippen molar-refractivity contribution in [3.8, 4) is 0 Å². The first kappa shape index (κ1) is 18.2. The molecule has 1 unspecified atom stereocenters. The maximum atomic E-state index is 13.0. The third kappa shape index (κ3) is 3.36. The fraction of sp³-hybridized carbons (Fsp3) is 0.364. The molecule has 3 rings (SSSR count). The lowest BCUT2D eigenvalue weighted by Crippen LogP contribution is -2.38. The van der Waals surface area contributed by atoms with E-state index in [2.05, 4.69) is 25.7 Å². The van der Waals surface area contributed by atoms with Gasteiger partial charge in [-0.2, -0.15) is 0 Å². The maximum Gasteiger partial charge on any atom is 0.337 e. The van der Waals surface area contributed by atoms with Crippen molar-refractivity contribution in [2.75, 3.05) is 6.61 Å². The van der Waals surface area contributed by atoms with E-state index < -0.39 is 11.9 Å². The first-order valence-electron chi connectivity index (χ1n) is 8.91. The van der Waals surface area contributed by atoms with Gasteiger partial charge in [0.15, 0.2) is 5.78 Å². The normalized spacial score (nSPS) is 21.8. The predicted octanol–water partition coefficient (Wildman–Crippen LogP) is 4.02. The van der Waals surface area contributed by atoms with Crippen LogP contribution in [0, 0.1) is 5.41 Å². The van der Waals surface area contributed by atoms with Crippen LogP contribution in [0.25, 0.3) is 0 Å². The number of Topliss-reactive ketones (excluding diaryl/α,β-unsaturated/α-hetero) is 1. The summed E-state index contributed by atoms with van der Waals surface area (Å²) in [5, 5.41) is 3.32. The Labute approximate surface area is 154 Å². The minimum Gasteiger partial charge on any atom is -0.458 e. The molecule has 0 saturated heterocycles. The Hall–Kier alpha value is -2.62. The third-order valence-corrected chi connectivity index (χ3v) is 4.92. The topological polar surface area (TPSA) is 55.4 Å². The molecule has 0 amide bonds. The average molecular weight is 351 g/mol. The number of ketones is 1. The van der Waals surface area contributed by atoms with Gasteiger partial charge in [0.25, 0.3) is 0 Å². The van der Waals surface area contributed by atoms with Crippen LogP contribution in [-0.4, -0.2) is 18.4 Å². The van der Waals surface area contributed by atoms with Gasteiger partial charge in [0, 0.05) is 29.3 Å². The third-order valence-electron chi connectivity index (χ3n) is 4.92. The van der Waals surface area contributed by atoms with Gasteiger partial charge in [-0.1, -0.05) is 56.8 Å². The molecule has 1 aliphatic carbocycles. The van der Waals surface area contributed by atoms with Crippen molar-refractivity contribution >= 4 is 11.8 Å². The van der Waals surface area contributed by atoms with Crippen LogP contribution in [0.5, 0.6) is 0 Å². The molecule has 1 heterocycles. The van der Waals surface area contributed by atoms with Crippen molar-refractivity contribution in [3.05, 3.63) is 71.1 Å². The van der Waals surface area contributed by atoms with Crippen LogP contribution in [0.2, 0.25) is 0 Å². The molecule has 0 fully saturated rings. The number of dihydropyridines is 1. The van der Waals surface area contributed by atoms with E-state index in [9.17, 15) is 9.59 Å². The van der Waals surface area contributed by atoms with Gasteiger partial charge < -0.3 is 10.1 Å². The highest BCUT2D eigenvalue weighted by atomic mass is 16.5. The highest BCUT2D eigenvalue weighted by molar-refractivity contribution is 6.04. The largest absolute Gasteiger partial charge is 0.458 e. The minimum atomic E-state index is -0.409. The molecular formula is C22H25NO3. The molecule has 1 aromatic carbocycles. The summed E-state index contributed by atoms with van der Waals surface area (Å²) < 4.78 is 5.32. The molecule has 26 heavy (non-hydrogen) atoms. The van der Waals surface area contributed by atoms with E-state index in [0.29, 0.717) is 17.6 Å². The van der Waals surface area contributed by atoms with Crippen molar-refractivity contribution in [1.29, 1.82) is 0 Å². The van der Waals surface area contributed by atoms with E-state index in [4.69, 9.17) is 4.74 Å². The molecule has 0 bridgehead atoms. The predicted molar refractivity (Wildman–Crippen MR) is 101 cm³/mol. The van der Waals surface area contributed by atoms with Crippen molar-refractivity contribution in [3.63, 3.8) is 0 Å². The Bertz CT molecular complexity index is 815. The summed E-state index contributed by atoms with van der Waals surface area (Å²) in [6.45, 7) is 9.81. The maximum absolute atomic E-state index is 13.0. The Morgan fingerprint density at radius 3 is 2.65 bits per heavy atom. The lowest BCUT2D eigenvalue weighted by molar-refractivity contribution is -0.138. The van der Waals surface area contributed by atoms with E-state index in [1.165, 1.54) is 0 Å². The highest BCUT2D eigenvalue weighted by Crippen LogP contribution is 2.46. The Balaban J connectivity index is 2.13. The van der Waals surface area contributed by atoms with Crippen LogP contribution in [0.4, 0.5) is 0 Å². The van der Waals surface area contributed by atoms with Crippen molar-refractivity contribution in [2.24, 2.45) is 5.41 Å². The number of allylic oxidation sites excluding steroid dienone is 3. The summed E-state index contributed by atoms with van der Waals surface area (Å²) in [6.07, 6.45) is 2.80. The zero-order chi connectivity index (χ0) is 18.9. The number of benzene rings is 1. The number of ether oxygens (including phenoxy) is 1. The average Bonchev–Trinajstić information content (AvgIpc) is 2.58. The van der Waals surface area contributed by atoms with E-state index >= 15 is 0 Å². The molecule has 1 aromatic rings. The molecule has 136 valence electrons. The zero-order valence-corrected chi connectivity index (χ0v) is 15.6. The van der Waals surface area contributed by atoms with Crippen LogP contribution in [-0.2, 0) is 14.3 Å². The summed E-state index contributed by atoms with van der Waals surface area (Å²) >= 11 is 0. The molecule has 4 heteroatoms. The SMILES string of the molecule is C=CCOC(=O)C1=C(C)NC2=C(C(=O)CC(C)(C)C2)C1c1ccccc1. The van der Waals surface area contributed by atoms with Gasteiger partial charge in [0.2, 0.25) is 0 Å². The lowest BCUT2D eigenvalue weighted by Gasteiger charge is -2.39. The van der Waals surface area contributed by atoms with Crippen LogP contribution >= 0.6 is 0 Å². The quantitative estimate of drug-likeness (QED) is 0.657. The summed E-state index contributed by atoms with van der Waals surface area (Å²) in [4.78, 5) is 25.8. The fourth-order valence-corrected chi connectivity index (χ4v) is 3.90. The minimum absolute atomic E-state index is 0.0920. The van der Waals surface area contributed by atoms with Gasteiger partial charge in [-0.15, -0.1) is 0 Å². The molecular weight excluding hydrogens is 326 g/mol. The molecule has 0 aromatic heterocycles. The molecule has 1 atom stereocenters. The smallest absolute Gasteiger partial charge is 0.337 e. The number of nitrogens with one attached hydrogen (secondary N) is 1. The van der Waals surface area contributed by atoms with Crippen LogP contribution in [0.3, 0.4) is 0 Å². The standard InChI is InChI=1S/C22H25NO3/c1-5-11-26-21(25)18-14(2)23-16-12-22(3,4)13-17(24)20(16)19(18)15-9-7-6-8-10-15/h5-10,19,23H,1,11-13H2,2-4H3. The second-order valence-corrected chi connectivity index (χ2v) is 7.73. The van der Waals surface area contributed by atoms with Crippen molar-refractivity contribution < 1.29 is 14.3 Å². The zero-order valence-electron chi connectivity index (χ0n) is 15.6. The summed E-state index contributed by atoms with van der Waals surface area (Å²) in [5.41, 5.74) is 3.72. The Morgan fingerprint density at radius 1 is 1.31 bits per heavy atom. The van der Waals surface area contributed by atoms with Crippen LogP contribution in [0.15, 0.2) is 65.5 Å². The molecule has 0 spiro atoms. The number of rotatable bonds is 4. The highest BCUT2D eigenvalue weighted by Gasteiger charge is 2.42. The molecule has 2 aliphatic rings. The van der Waals surface area contributed by atoms with Gasteiger partial charge in [0.05, 0.1) is 5.57 Å². The van der Waals surface area contributed by atoms with Gasteiger partial charge in [-0.3, -0.25) is 4.79 Å². The summed E-state index contributed by atoms with van der Waals surface area (Å²) in [5.74, 6) is -0.708. The van der Waals surface area contributed by atoms with E-state index in [1.54, 1.807) is 6.08 Å². The molecule has 0 saturated carbocycles. The number of esters is 1. The van der Waals surface area contributed by atoms with E-state index in [-0.39, 0.29) is 17.8 Å². The first-order chi connectivity index (χ1) is 12.3. The summed E-state index contributed by atoms with van der Waals surface area (Å²) in [7, 11) is 0. The number of hydrogen-bond acceptors (Lipinski definition) is 4. The fourth-order valence-electron chi connectivity index (χ4n) is 3.90. The number of carbonyl (C=O) groups excluding carboxylic acids is 2.